The van der Waals surface area contributed by atoms with Crippen molar-refractivity contribution in [1.82, 2.24) is 9.97 Å². The van der Waals surface area contributed by atoms with Crippen LogP contribution in [0.1, 0.15) is 32.1 Å². The van der Waals surface area contributed by atoms with Crippen molar-refractivity contribution >= 4 is 39.0 Å². The first-order valence-corrected chi connectivity index (χ1v) is 8.55. The normalized spacial score (nSPS) is 17.4. The molecule has 1 fully saturated rings. The Hall–Kier alpha value is -0.590. The molecule has 0 atom stereocenters. The lowest BCUT2D eigenvalue weighted by Crippen LogP contribution is -2.24. The quantitative estimate of drug-likeness (QED) is 0.864. The Morgan fingerprint density at radius 2 is 1.89 bits per heavy atom. The van der Waals surface area contributed by atoms with Crippen LogP contribution in [0.3, 0.4) is 0 Å². The summed E-state index contributed by atoms with van der Waals surface area (Å²) in [6.07, 6.45) is 6.48. The molecular formula is C11H15Cl2N3O2S. The molecule has 1 aliphatic carbocycles. The molecule has 5 nitrogen and oxygen atoms in total. The van der Waals surface area contributed by atoms with Crippen molar-refractivity contribution in [2.45, 2.75) is 32.1 Å². The highest BCUT2D eigenvalue weighted by molar-refractivity contribution is 7.92. The monoisotopic (exact) mass is 323 g/mol. The van der Waals surface area contributed by atoms with E-state index in [1.165, 1.54) is 12.7 Å². The molecule has 1 aliphatic rings. The second-order valence-corrected chi connectivity index (χ2v) is 7.22. The highest BCUT2D eigenvalue weighted by Crippen LogP contribution is 2.28. The Bertz CT molecular complexity index is 545. The molecule has 1 aromatic heterocycles. The molecule has 0 radical (unpaired) electrons. The fourth-order valence-corrected chi connectivity index (χ4v) is 4.09. The minimum absolute atomic E-state index is 0.0244. The minimum atomic E-state index is -3.46. The Labute approximate surface area is 122 Å². The number of anilines is 1. The number of nitrogens with zero attached hydrogens (tertiary/aromatic N) is 2. The molecule has 106 valence electrons. The number of hydrogen-bond donors (Lipinski definition) is 1. The molecule has 0 saturated heterocycles. The van der Waals surface area contributed by atoms with E-state index in [1.807, 2.05) is 0 Å². The van der Waals surface area contributed by atoms with Gasteiger partial charge in [-0.2, -0.15) is 0 Å². The molecule has 8 heteroatoms. The van der Waals surface area contributed by atoms with E-state index in [4.69, 9.17) is 23.2 Å². The maximum absolute atomic E-state index is 12.1. The number of halogens is 2. The highest BCUT2D eigenvalue weighted by atomic mass is 35.5. The van der Waals surface area contributed by atoms with Crippen molar-refractivity contribution in [1.29, 1.82) is 0 Å². The minimum Gasteiger partial charge on any atom is -0.266 e. The van der Waals surface area contributed by atoms with E-state index in [0.29, 0.717) is 0 Å². The summed E-state index contributed by atoms with van der Waals surface area (Å²) in [6.45, 7) is 0. The van der Waals surface area contributed by atoms with E-state index in [1.54, 1.807) is 0 Å². The van der Waals surface area contributed by atoms with E-state index >= 15 is 0 Å². The smallest absolute Gasteiger partial charge is 0.234 e. The first-order chi connectivity index (χ1) is 8.98. The van der Waals surface area contributed by atoms with Crippen LogP contribution in [0, 0.1) is 5.92 Å². The molecule has 2 rings (SSSR count). The van der Waals surface area contributed by atoms with Crippen molar-refractivity contribution in [3.8, 4) is 0 Å². The van der Waals surface area contributed by atoms with Crippen LogP contribution in [-0.2, 0) is 10.0 Å². The van der Waals surface area contributed by atoms with Gasteiger partial charge in [0.15, 0.2) is 11.0 Å². The highest BCUT2D eigenvalue weighted by Gasteiger charge is 2.22. The van der Waals surface area contributed by atoms with E-state index in [2.05, 4.69) is 14.7 Å². The zero-order valence-electron chi connectivity index (χ0n) is 10.3. The molecule has 0 amide bonds. The van der Waals surface area contributed by atoms with Gasteiger partial charge < -0.3 is 0 Å². The van der Waals surface area contributed by atoms with Gasteiger partial charge in [0.05, 0.1) is 5.75 Å². The lowest BCUT2D eigenvalue weighted by atomic mass is 9.91. The van der Waals surface area contributed by atoms with Gasteiger partial charge in [-0.1, -0.05) is 42.5 Å². The zero-order chi connectivity index (χ0) is 13.9. The summed E-state index contributed by atoms with van der Waals surface area (Å²) in [5, 5.41) is 0.0587. The molecule has 0 spiro atoms. The van der Waals surface area contributed by atoms with E-state index in [9.17, 15) is 8.42 Å². The topological polar surface area (TPSA) is 72.0 Å². The van der Waals surface area contributed by atoms with Gasteiger partial charge in [0.25, 0.3) is 0 Å². The Kier molecular flexibility index (Phi) is 4.86. The number of rotatable bonds is 4. The van der Waals surface area contributed by atoms with Gasteiger partial charge in [-0.3, -0.25) is 4.72 Å². The molecule has 0 bridgehead atoms. The van der Waals surface area contributed by atoms with Crippen LogP contribution in [0.15, 0.2) is 6.33 Å². The molecule has 19 heavy (non-hydrogen) atoms. The second-order valence-electron chi connectivity index (χ2n) is 4.71. The van der Waals surface area contributed by atoms with Gasteiger partial charge in [0.2, 0.25) is 10.0 Å². The average molecular weight is 324 g/mol. The number of nitrogens with one attached hydrogen (secondary N) is 1. The van der Waals surface area contributed by atoms with Crippen molar-refractivity contribution in [2.24, 2.45) is 5.92 Å². The lowest BCUT2D eigenvalue weighted by Gasteiger charge is -2.21. The van der Waals surface area contributed by atoms with Gasteiger partial charge >= 0.3 is 0 Å². The molecule has 1 saturated carbocycles. The molecule has 0 aliphatic heterocycles. The van der Waals surface area contributed by atoms with Crippen LogP contribution in [0.25, 0.3) is 0 Å². The number of hydrogen-bond acceptors (Lipinski definition) is 4. The average Bonchev–Trinajstić information content (AvgIpc) is 2.35. The maximum Gasteiger partial charge on any atom is 0.234 e. The van der Waals surface area contributed by atoms with Crippen LogP contribution in [0.5, 0.6) is 0 Å². The summed E-state index contributed by atoms with van der Waals surface area (Å²) in [5.74, 6) is 0.352. The summed E-state index contributed by atoms with van der Waals surface area (Å²) in [5.41, 5.74) is 0. The lowest BCUT2D eigenvalue weighted by molar-refractivity contribution is 0.385. The third-order valence-electron chi connectivity index (χ3n) is 3.18. The first kappa shape index (κ1) is 14.8. The Morgan fingerprint density at radius 3 is 2.58 bits per heavy atom. The van der Waals surface area contributed by atoms with Crippen LogP contribution < -0.4 is 4.72 Å². The molecule has 0 unspecified atom stereocenters. The van der Waals surface area contributed by atoms with Crippen molar-refractivity contribution in [2.75, 3.05) is 10.5 Å². The summed E-state index contributed by atoms with van der Waals surface area (Å²) >= 11 is 11.6. The number of sulfonamides is 1. The van der Waals surface area contributed by atoms with Gasteiger partial charge in [0, 0.05) is 0 Å². The fourth-order valence-electron chi connectivity index (χ4n) is 2.27. The fraction of sp³-hybridized carbons (Fsp3) is 0.636. The van der Waals surface area contributed by atoms with Crippen LogP contribution in [-0.4, -0.2) is 24.1 Å². The SMILES string of the molecule is O=S(=O)(CC1CCCCC1)Nc1ncnc(Cl)c1Cl. The predicted molar refractivity (Wildman–Crippen MR) is 76.0 cm³/mol. The molecule has 1 aromatic rings. The number of aromatic nitrogens is 2. The summed E-state index contributed by atoms with van der Waals surface area (Å²) in [6, 6.07) is 0. The standard InChI is InChI=1S/C11H15Cl2N3O2S/c12-9-10(13)14-7-15-11(9)16-19(17,18)6-8-4-2-1-3-5-8/h7-8H,1-6H2,(H,14,15,16). The largest absolute Gasteiger partial charge is 0.266 e. The molecule has 1 heterocycles. The first-order valence-electron chi connectivity index (χ1n) is 6.14. The summed E-state index contributed by atoms with van der Waals surface area (Å²) < 4.78 is 26.5. The van der Waals surface area contributed by atoms with Crippen LogP contribution in [0.2, 0.25) is 10.2 Å². The van der Waals surface area contributed by atoms with Crippen molar-refractivity contribution < 1.29 is 8.42 Å². The second kappa shape index (κ2) is 6.24. The van der Waals surface area contributed by atoms with Crippen LogP contribution in [0.4, 0.5) is 5.82 Å². The van der Waals surface area contributed by atoms with Crippen LogP contribution >= 0.6 is 23.2 Å². The van der Waals surface area contributed by atoms with Gasteiger partial charge in [-0.05, 0) is 18.8 Å². The summed E-state index contributed by atoms with van der Waals surface area (Å²) in [7, 11) is -3.46. The van der Waals surface area contributed by atoms with E-state index in [0.717, 1.165) is 25.7 Å². The van der Waals surface area contributed by atoms with Gasteiger partial charge in [-0.25, -0.2) is 18.4 Å². The van der Waals surface area contributed by atoms with Crippen molar-refractivity contribution in [3.05, 3.63) is 16.5 Å². The molecule has 1 N–H and O–H groups in total. The van der Waals surface area contributed by atoms with Gasteiger partial charge in [0.1, 0.15) is 11.3 Å². The molecular weight excluding hydrogens is 309 g/mol. The van der Waals surface area contributed by atoms with E-state index < -0.39 is 10.0 Å². The predicted octanol–water partition coefficient (Wildman–Crippen LogP) is 3.11. The summed E-state index contributed by atoms with van der Waals surface area (Å²) in [4.78, 5) is 7.47. The Morgan fingerprint density at radius 1 is 1.21 bits per heavy atom. The maximum atomic E-state index is 12.1. The van der Waals surface area contributed by atoms with Crippen molar-refractivity contribution in [3.63, 3.8) is 0 Å². The third-order valence-corrected chi connectivity index (χ3v) is 5.33. The van der Waals surface area contributed by atoms with Gasteiger partial charge in [-0.15, -0.1) is 0 Å². The molecule has 0 aromatic carbocycles. The third kappa shape index (κ3) is 4.19. The zero-order valence-corrected chi connectivity index (χ0v) is 12.6. The Balaban J connectivity index is 2.06. The van der Waals surface area contributed by atoms with E-state index in [-0.39, 0.29) is 27.7 Å².